The maximum atomic E-state index is 4.42. The molecule has 2 aromatic heterocycles. The zero-order valence-corrected chi connectivity index (χ0v) is 11.8. The molecule has 1 aliphatic rings. The van der Waals surface area contributed by atoms with E-state index >= 15 is 0 Å². The fourth-order valence-corrected chi connectivity index (χ4v) is 2.65. The highest BCUT2D eigenvalue weighted by molar-refractivity contribution is 5.48. The highest BCUT2D eigenvalue weighted by atomic mass is 15.2. The van der Waals surface area contributed by atoms with Crippen LogP contribution in [0.2, 0.25) is 0 Å². The Morgan fingerprint density at radius 3 is 2.55 bits per heavy atom. The van der Waals surface area contributed by atoms with Crippen molar-refractivity contribution in [3.05, 3.63) is 48.4 Å². The van der Waals surface area contributed by atoms with Crippen LogP contribution in [0.3, 0.4) is 0 Å². The molecular weight excluding hydrogens is 248 g/mol. The fraction of sp³-hybridized carbons (Fsp3) is 0.375. The van der Waals surface area contributed by atoms with Gasteiger partial charge in [-0.1, -0.05) is 6.07 Å². The predicted octanol–water partition coefficient (Wildman–Crippen LogP) is 2.87. The first-order valence-electron chi connectivity index (χ1n) is 7.17. The largest absolute Gasteiger partial charge is 0.381 e. The topological polar surface area (TPSA) is 41.1 Å². The summed E-state index contributed by atoms with van der Waals surface area (Å²) < 4.78 is 0. The van der Waals surface area contributed by atoms with E-state index in [-0.39, 0.29) is 0 Å². The van der Waals surface area contributed by atoms with Gasteiger partial charge in [0.05, 0.1) is 11.4 Å². The Morgan fingerprint density at radius 1 is 1.05 bits per heavy atom. The van der Waals surface area contributed by atoms with E-state index in [4.69, 9.17) is 0 Å². The number of anilines is 2. The Hall–Kier alpha value is -2.10. The molecular formula is C16H20N4. The van der Waals surface area contributed by atoms with Crippen LogP contribution in [0.4, 0.5) is 11.5 Å². The molecule has 0 unspecified atom stereocenters. The molecule has 0 radical (unpaired) electrons. The number of aryl methyl sites for hydroxylation is 1. The molecule has 4 nitrogen and oxygen atoms in total. The minimum absolute atomic E-state index is 0.526. The normalized spacial score (nSPS) is 16.1. The van der Waals surface area contributed by atoms with Gasteiger partial charge in [0.2, 0.25) is 0 Å². The van der Waals surface area contributed by atoms with E-state index in [9.17, 15) is 0 Å². The standard InChI is InChI=1S/C16H20N4/c1-13-15(5-4-10-17-13)19-14-7-11-20(12-8-14)16-6-2-3-9-18-16/h2-6,9-10,14,19H,7-8,11-12H2,1H3. The van der Waals surface area contributed by atoms with Gasteiger partial charge in [-0.15, -0.1) is 0 Å². The van der Waals surface area contributed by atoms with Gasteiger partial charge in [0.25, 0.3) is 0 Å². The molecule has 0 aliphatic carbocycles. The van der Waals surface area contributed by atoms with Crippen LogP contribution in [-0.4, -0.2) is 29.1 Å². The summed E-state index contributed by atoms with van der Waals surface area (Å²) in [6.07, 6.45) is 5.96. The highest BCUT2D eigenvalue weighted by Gasteiger charge is 2.20. The molecule has 0 spiro atoms. The summed E-state index contributed by atoms with van der Waals surface area (Å²) in [6, 6.07) is 10.7. The minimum atomic E-state index is 0.526. The molecule has 20 heavy (non-hydrogen) atoms. The maximum Gasteiger partial charge on any atom is 0.128 e. The number of hydrogen-bond donors (Lipinski definition) is 1. The number of hydrogen-bond acceptors (Lipinski definition) is 4. The Balaban J connectivity index is 1.58. The number of rotatable bonds is 3. The average Bonchev–Trinajstić information content (AvgIpc) is 2.51. The van der Waals surface area contributed by atoms with Gasteiger partial charge >= 0.3 is 0 Å². The lowest BCUT2D eigenvalue weighted by Crippen LogP contribution is -2.39. The van der Waals surface area contributed by atoms with Crippen LogP contribution in [-0.2, 0) is 0 Å². The van der Waals surface area contributed by atoms with Crippen molar-refractivity contribution < 1.29 is 0 Å². The van der Waals surface area contributed by atoms with Crippen molar-refractivity contribution in [2.75, 3.05) is 23.3 Å². The van der Waals surface area contributed by atoms with Crippen LogP contribution < -0.4 is 10.2 Å². The zero-order chi connectivity index (χ0) is 13.8. The summed E-state index contributed by atoms with van der Waals surface area (Å²) >= 11 is 0. The molecule has 0 atom stereocenters. The molecule has 0 bridgehead atoms. The second-order valence-corrected chi connectivity index (χ2v) is 5.23. The van der Waals surface area contributed by atoms with E-state index in [0.29, 0.717) is 6.04 Å². The van der Waals surface area contributed by atoms with Gasteiger partial charge in [0.1, 0.15) is 5.82 Å². The molecule has 1 N–H and O–H groups in total. The molecule has 104 valence electrons. The number of pyridine rings is 2. The summed E-state index contributed by atoms with van der Waals surface area (Å²) in [5.41, 5.74) is 2.23. The summed E-state index contributed by atoms with van der Waals surface area (Å²) in [7, 11) is 0. The van der Waals surface area contributed by atoms with Gasteiger partial charge in [-0.3, -0.25) is 4.98 Å². The second kappa shape index (κ2) is 5.90. The van der Waals surface area contributed by atoms with Crippen LogP contribution in [0.25, 0.3) is 0 Å². The summed E-state index contributed by atoms with van der Waals surface area (Å²) in [5.74, 6) is 1.09. The van der Waals surface area contributed by atoms with Crippen molar-refractivity contribution in [3.8, 4) is 0 Å². The Kier molecular flexibility index (Phi) is 3.81. The van der Waals surface area contributed by atoms with Crippen LogP contribution in [0, 0.1) is 6.92 Å². The van der Waals surface area contributed by atoms with E-state index in [0.717, 1.165) is 43.1 Å². The molecule has 3 heterocycles. The Labute approximate surface area is 119 Å². The van der Waals surface area contributed by atoms with Crippen molar-refractivity contribution in [1.82, 2.24) is 9.97 Å². The predicted molar refractivity (Wildman–Crippen MR) is 82.1 cm³/mol. The van der Waals surface area contributed by atoms with Crippen LogP contribution in [0.15, 0.2) is 42.7 Å². The van der Waals surface area contributed by atoms with E-state index in [1.807, 2.05) is 37.5 Å². The van der Waals surface area contributed by atoms with Crippen LogP contribution in [0.1, 0.15) is 18.5 Å². The van der Waals surface area contributed by atoms with Gasteiger partial charge in [0.15, 0.2) is 0 Å². The van der Waals surface area contributed by atoms with Crippen molar-refractivity contribution in [2.45, 2.75) is 25.8 Å². The van der Waals surface area contributed by atoms with Gasteiger partial charge in [-0.2, -0.15) is 0 Å². The molecule has 0 amide bonds. The summed E-state index contributed by atoms with van der Waals surface area (Å²) in [5, 5.41) is 3.61. The lowest BCUT2D eigenvalue weighted by molar-refractivity contribution is 0.523. The molecule has 1 aliphatic heterocycles. The van der Waals surface area contributed by atoms with E-state index < -0.39 is 0 Å². The molecule has 0 saturated carbocycles. The average molecular weight is 268 g/mol. The Morgan fingerprint density at radius 2 is 1.85 bits per heavy atom. The van der Waals surface area contributed by atoms with Crippen LogP contribution >= 0.6 is 0 Å². The van der Waals surface area contributed by atoms with Gasteiger partial charge in [0, 0.05) is 31.5 Å². The quantitative estimate of drug-likeness (QED) is 0.929. The third-order valence-electron chi connectivity index (χ3n) is 3.83. The molecule has 4 heteroatoms. The first kappa shape index (κ1) is 12.9. The maximum absolute atomic E-state index is 4.42. The van der Waals surface area contributed by atoms with Gasteiger partial charge in [-0.25, -0.2) is 4.98 Å². The summed E-state index contributed by atoms with van der Waals surface area (Å²) in [4.78, 5) is 11.1. The summed E-state index contributed by atoms with van der Waals surface area (Å²) in [6.45, 7) is 4.15. The number of nitrogens with zero attached hydrogens (tertiary/aromatic N) is 3. The Bertz CT molecular complexity index is 547. The van der Waals surface area contributed by atoms with Gasteiger partial charge in [-0.05, 0) is 44.0 Å². The zero-order valence-electron chi connectivity index (χ0n) is 11.8. The smallest absolute Gasteiger partial charge is 0.128 e. The van der Waals surface area contributed by atoms with E-state index in [2.05, 4.69) is 32.3 Å². The molecule has 0 aromatic carbocycles. The van der Waals surface area contributed by atoms with Crippen molar-refractivity contribution in [3.63, 3.8) is 0 Å². The first-order valence-corrected chi connectivity index (χ1v) is 7.17. The third-order valence-corrected chi connectivity index (χ3v) is 3.83. The molecule has 1 fully saturated rings. The fourth-order valence-electron chi connectivity index (χ4n) is 2.65. The molecule has 3 rings (SSSR count). The van der Waals surface area contributed by atoms with Crippen molar-refractivity contribution in [2.24, 2.45) is 0 Å². The molecule has 1 saturated heterocycles. The monoisotopic (exact) mass is 268 g/mol. The third kappa shape index (κ3) is 2.90. The number of aromatic nitrogens is 2. The van der Waals surface area contributed by atoms with E-state index in [1.54, 1.807) is 0 Å². The van der Waals surface area contributed by atoms with Gasteiger partial charge < -0.3 is 10.2 Å². The lowest BCUT2D eigenvalue weighted by atomic mass is 10.0. The van der Waals surface area contributed by atoms with Crippen LogP contribution in [0.5, 0.6) is 0 Å². The second-order valence-electron chi connectivity index (χ2n) is 5.23. The minimum Gasteiger partial charge on any atom is -0.381 e. The molecule has 2 aromatic rings. The van der Waals surface area contributed by atoms with Crippen molar-refractivity contribution >= 4 is 11.5 Å². The first-order chi connectivity index (χ1) is 9.83. The number of piperidine rings is 1. The highest BCUT2D eigenvalue weighted by Crippen LogP contribution is 2.21. The van der Waals surface area contributed by atoms with Crippen molar-refractivity contribution in [1.29, 1.82) is 0 Å². The SMILES string of the molecule is Cc1ncccc1NC1CCN(c2ccccn2)CC1. The lowest BCUT2D eigenvalue weighted by Gasteiger charge is -2.33. The number of nitrogens with one attached hydrogen (secondary N) is 1. The van der Waals surface area contributed by atoms with E-state index in [1.165, 1.54) is 0 Å².